The first kappa shape index (κ1) is 20.1. The highest BCUT2D eigenvalue weighted by Gasteiger charge is 2.20. The van der Waals surface area contributed by atoms with E-state index >= 15 is 0 Å². The van der Waals surface area contributed by atoms with Gasteiger partial charge in [-0.25, -0.2) is 4.79 Å². The first-order valence-corrected chi connectivity index (χ1v) is 10.3. The summed E-state index contributed by atoms with van der Waals surface area (Å²) >= 11 is 0. The molecule has 1 atom stereocenters. The number of aromatic nitrogens is 1. The smallest absolute Gasteiger partial charge is 0.379 e. The maximum atomic E-state index is 12.4. The third-order valence-corrected chi connectivity index (χ3v) is 5.48. The van der Waals surface area contributed by atoms with E-state index in [-0.39, 0.29) is 6.61 Å². The number of hydrogen-bond donors (Lipinski definition) is 0. The van der Waals surface area contributed by atoms with E-state index in [9.17, 15) is 9.59 Å². The molecule has 0 N–H and O–H groups in total. The lowest BCUT2D eigenvalue weighted by molar-refractivity contribution is -0.137. The predicted octanol–water partition coefficient (Wildman–Crippen LogP) is 5.76. The van der Waals surface area contributed by atoms with Crippen LogP contribution in [0.15, 0.2) is 42.5 Å². The largest absolute Gasteiger partial charge is 0.460 e. The minimum absolute atomic E-state index is 0.197. The lowest BCUT2D eigenvalue weighted by Crippen LogP contribution is -2.17. The molecule has 2 aromatic carbocycles. The van der Waals surface area contributed by atoms with E-state index in [0.29, 0.717) is 11.5 Å². The Balaban J connectivity index is 2.06. The Morgan fingerprint density at radius 2 is 1.75 bits per heavy atom. The highest BCUT2D eigenvalue weighted by molar-refractivity contribution is 6.41. The van der Waals surface area contributed by atoms with Crippen LogP contribution in [0.1, 0.15) is 56.8 Å². The molecule has 1 aromatic heterocycles. The number of carbonyl (C=O) groups excluding carboxylic acids is 2. The summed E-state index contributed by atoms with van der Waals surface area (Å²) in [4.78, 5) is 24.2. The number of ether oxygens (including phenoxy) is 1. The Morgan fingerprint density at radius 1 is 1.00 bits per heavy atom. The van der Waals surface area contributed by atoms with Crippen LogP contribution in [0.25, 0.3) is 21.8 Å². The van der Waals surface area contributed by atoms with Crippen molar-refractivity contribution in [2.45, 2.75) is 53.0 Å². The summed E-state index contributed by atoms with van der Waals surface area (Å²) in [6.07, 6.45) is 4.82. The molecule has 3 aromatic rings. The number of unbranched alkanes of at least 4 members (excludes halogenated alkanes) is 1. The van der Waals surface area contributed by atoms with E-state index in [0.717, 1.165) is 29.3 Å². The van der Waals surface area contributed by atoms with E-state index < -0.39 is 11.8 Å². The highest BCUT2D eigenvalue weighted by Crippen LogP contribution is 2.31. The van der Waals surface area contributed by atoms with Gasteiger partial charge < -0.3 is 9.30 Å². The average Bonchev–Trinajstić information content (AvgIpc) is 3.03. The molecule has 0 saturated heterocycles. The number of esters is 1. The summed E-state index contributed by atoms with van der Waals surface area (Å²) in [5, 5.41) is 2.12. The van der Waals surface area contributed by atoms with E-state index in [1.165, 1.54) is 24.8 Å². The molecule has 0 bridgehead atoms. The minimum Gasteiger partial charge on any atom is -0.460 e. The zero-order valence-corrected chi connectivity index (χ0v) is 17.0. The van der Waals surface area contributed by atoms with Crippen LogP contribution < -0.4 is 0 Å². The molecular weight excluding hydrogens is 350 g/mol. The molecule has 4 nitrogen and oxygen atoms in total. The monoisotopic (exact) mass is 379 g/mol. The Kier molecular flexibility index (Phi) is 6.50. The number of hydrogen-bond acceptors (Lipinski definition) is 3. The maximum absolute atomic E-state index is 12.4. The Morgan fingerprint density at radius 3 is 2.46 bits per heavy atom. The quantitative estimate of drug-likeness (QED) is 0.270. The van der Waals surface area contributed by atoms with Crippen LogP contribution in [-0.4, -0.2) is 22.9 Å². The average molecular weight is 380 g/mol. The SMILES string of the molecule is CCCCC(CC)Cn1c2ccccc2c2cc(C(=O)C(=O)OCC)ccc21. The van der Waals surface area contributed by atoms with Gasteiger partial charge in [-0.15, -0.1) is 0 Å². The van der Waals surface area contributed by atoms with E-state index in [1.54, 1.807) is 13.0 Å². The number of carbonyl (C=O) groups is 2. The van der Waals surface area contributed by atoms with Gasteiger partial charge in [-0.05, 0) is 43.5 Å². The van der Waals surface area contributed by atoms with Crippen LogP contribution in [0.3, 0.4) is 0 Å². The maximum Gasteiger partial charge on any atom is 0.379 e. The second kappa shape index (κ2) is 9.05. The van der Waals surface area contributed by atoms with Crippen molar-refractivity contribution in [2.24, 2.45) is 5.92 Å². The summed E-state index contributed by atoms with van der Waals surface area (Å²) in [7, 11) is 0. The molecule has 148 valence electrons. The van der Waals surface area contributed by atoms with Gasteiger partial charge in [-0.2, -0.15) is 0 Å². The van der Waals surface area contributed by atoms with E-state index in [2.05, 4.69) is 36.6 Å². The van der Waals surface area contributed by atoms with Crippen molar-refractivity contribution in [3.8, 4) is 0 Å². The first-order valence-electron chi connectivity index (χ1n) is 10.3. The molecule has 1 unspecified atom stereocenters. The van der Waals surface area contributed by atoms with Crippen molar-refractivity contribution in [1.82, 2.24) is 4.57 Å². The molecule has 28 heavy (non-hydrogen) atoms. The number of benzene rings is 2. The molecule has 3 rings (SSSR count). The zero-order chi connectivity index (χ0) is 20.1. The van der Waals surface area contributed by atoms with Crippen molar-refractivity contribution in [3.05, 3.63) is 48.0 Å². The second-order valence-corrected chi connectivity index (χ2v) is 7.33. The van der Waals surface area contributed by atoms with Crippen LogP contribution in [0.5, 0.6) is 0 Å². The van der Waals surface area contributed by atoms with Crippen LogP contribution in [0.2, 0.25) is 0 Å². The molecule has 4 heteroatoms. The van der Waals surface area contributed by atoms with Crippen molar-refractivity contribution in [2.75, 3.05) is 6.61 Å². The number of rotatable bonds is 9. The molecule has 1 heterocycles. The van der Waals surface area contributed by atoms with Gasteiger partial charge in [-0.1, -0.05) is 51.3 Å². The lowest BCUT2D eigenvalue weighted by Gasteiger charge is -2.17. The molecule has 0 fully saturated rings. The van der Waals surface area contributed by atoms with E-state index in [1.807, 2.05) is 18.2 Å². The molecule has 0 aliphatic carbocycles. The summed E-state index contributed by atoms with van der Waals surface area (Å²) in [5.41, 5.74) is 2.66. The number of nitrogens with zero attached hydrogens (tertiary/aromatic N) is 1. The van der Waals surface area contributed by atoms with Gasteiger partial charge in [0.2, 0.25) is 0 Å². The van der Waals surface area contributed by atoms with Crippen LogP contribution >= 0.6 is 0 Å². The number of Topliss-reactive ketones (excluding diaryl/α,β-unsaturated/α-hetero) is 1. The van der Waals surface area contributed by atoms with Gasteiger partial charge in [-0.3, -0.25) is 4.79 Å². The molecule has 0 spiro atoms. The summed E-state index contributed by atoms with van der Waals surface area (Å²) in [5.74, 6) is -0.758. The lowest BCUT2D eigenvalue weighted by atomic mass is 9.99. The standard InChI is InChI=1S/C24H29NO3/c1-4-7-10-17(5-2)16-25-21-12-9-8-11-19(21)20-15-18(13-14-22(20)25)23(26)24(27)28-6-3/h8-9,11-15,17H,4-7,10,16H2,1-3H3. The number of fused-ring (bicyclic) bond motifs is 3. The van der Waals surface area contributed by atoms with E-state index in [4.69, 9.17) is 4.74 Å². The van der Waals surface area contributed by atoms with Crippen LogP contribution in [0, 0.1) is 5.92 Å². The second-order valence-electron chi connectivity index (χ2n) is 7.33. The van der Waals surface area contributed by atoms with Crippen molar-refractivity contribution >= 4 is 33.6 Å². The summed E-state index contributed by atoms with van der Waals surface area (Å²) < 4.78 is 7.24. The fourth-order valence-corrected chi connectivity index (χ4v) is 3.88. The normalized spacial score (nSPS) is 12.4. The Labute approximate surface area is 166 Å². The van der Waals surface area contributed by atoms with Crippen molar-refractivity contribution < 1.29 is 14.3 Å². The topological polar surface area (TPSA) is 48.3 Å². The summed E-state index contributed by atoms with van der Waals surface area (Å²) in [6, 6.07) is 13.8. The van der Waals surface area contributed by atoms with Gasteiger partial charge in [0.15, 0.2) is 0 Å². The fraction of sp³-hybridized carbons (Fsp3) is 0.417. The van der Waals surface area contributed by atoms with Crippen molar-refractivity contribution in [1.29, 1.82) is 0 Å². The summed E-state index contributed by atoms with van der Waals surface area (Å²) in [6.45, 7) is 7.35. The molecule has 0 saturated carbocycles. The third-order valence-electron chi connectivity index (χ3n) is 5.48. The van der Waals surface area contributed by atoms with Gasteiger partial charge in [0, 0.05) is 33.9 Å². The Bertz CT molecular complexity index is 986. The van der Waals surface area contributed by atoms with Gasteiger partial charge >= 0.3 is 5.97 Å². The van der Waals surface area contributed by atoms with Gasteiger partial charge in [0.25, 0.3) is 5.78 Å². The Hall–Kier alpha value is -2.62. The van der Waals surface area contributed by atoms with Crippen LogP contribution in [-0.2, 0) is 16.1 Å². The zero-order valence-electron chi connectivity index (χ0n) is 17.0. The minimum atomic E-state index is -0.795. The first-order chi connectivity index (χ1) is 13.6. The molecular formula is C24H29NO3. The van der Waals surface area contributed by atoms with Gasteiger partial charge in [0.05, 0.1) is 6.61 Å². The van der Waals surface area contributed by atoms with Crippen molar-refractivity contribution in [3.63, 3.8) is 0 Å². The third kappa shape index (κ3) is 3.96. The fourth-order valence-electron chi connectivity index (χ4n) is 3.88. The number of para-hydroxylation sites is 1. The number of ketones is 1. The van der Waals surface area contributed by atoms with Crippen LogP contribution in [0.4, 0.5) is 0 Å². The molecule has 0 aliphatic heterocycles. The van der Waals surface area contributed by atoms with Gasteiger partial charge in [0.1, 0.15) is 0 Å². The molecule has 0 aliphatic rings. The molecule has 0 radical (unpaired) electrons. The predicted molar refractivity (Wildman–Crippen MR) is 114 cm³/mol. The molecule has 0 amide bonds. The highest BCUT2D eigenvalue weighted by atomic mass is 16.5.